The highest BCUT2D eigenvalue weighted by molar-refractivity contribution is 5.86. The summed E-state index contributed by atoms with van der Waals surface area (Å²) in [6, 6.07) is 6.75. The van der Waals surface area contributed by atoms with E-state index in [4.69, 9.17) is 0 Å². The van der Waals surface area contributed by atoms with Gasteiger partial charge in [-0.15, -0.1) is 0 Å². The van der Waals surface area contributed by atoms with Crippen molar-refractivity contribution in [3.05, 3.63) is 35.0 Å². The van der Waals surface area contributed by atoms with E-state index < -0.39 is 0 Å². The van der Waals surface area contributed by atoms with Crippen molar-refractivity contribution < 1.29 is 4.79 Å². The first-order valence-electron chi connectivity index (χ1n) is 8.99. The highest BCUT2D eigenvalue weighted by atomic mass is 16.1. The monoisotopic (exact) mass is 314 g/mol. The molecule has 0 unspecified atom stereocenters. The molecular formula is C20H30N2O. The van der Waals surface area contributed by atoms with Crippen LogP contribution < -0.4 is 5.32 Å². The largest absolute Gasteiger partial charge is 0.356 e. The second-order valence-corrected chi connectivity index (χ2v) is 6.26. The van der Waals surface area contributed by atoms with Crippen LogP contribution in [0.25, 0.3) is 10.9 Å². The highest BCUT2D eigenvalue weighted by Gasteiger charge is 2.15. The average Bonchev–Trinajstić information content (AvgIpc) is 2.80. The maximum atomic E-state index is 11.7. The van der Waals surface area contributed by atoms with Crippen molar-refractivity contribution in [2.45, 2.75) is 66.3 Å². The molecule has 2 aromatic rings. The number of amides is 1. The average molecular weight is 314 g/mol. The van der Waals surface area contributed by atoms with Crippen molar-refractivity contribution in [2.75, 3.05) is 6.54 Å². The second-order valence-electron chi connectivity index (χ2n) is 6.26. The Balaban J connectivity index is 2.32. The smallest absolute Gasteiger partial charge is 0.220 e. The Morgan fingerprint density at radius 3 is 2.65 bits per heavy atom. The van der Waals surface area contributed by atoms with Crippen molar-refractivity contribution in [3.63, 3.8) is 0 Å². The number of aryl methyl sites for hydroxylation is 3. The van der Waals surface area contributed by atoms with Crippen LogP contribution in [0.15, 0.2) is 18.2 Å². The van der Waals surface area contributed by atoms with Gasteiger partial charge in [0.25, 0.3) is 0 Å². The van der Waals surface area contributed by atoms with E-state index in [9.17, 15) is 4.79 Å². The predicted octanol–water partition coefficient (Wildman–Crippen LogP) is 4.38. The number of carbonyl (C=O) groups is 1. The third-order valence-corrected chi connectivity index (χ3v) is 4.44. The number of carbonyl (C=O) groups excluding carboxylic acids is 1. The van der Waals surface area contributed by atoms with Gasteiger partial charge in [0.2, 0.25) is 5.91 Å². The second kappa shape index (κ2) is 8.19. The maximum Gasteiger partial charge on any atom is 0.220 e. The number of benzene rings is 1. The van der Waals surface area contributed by atoms with Gasteiger partial charge in [0.05, 0.1) is 0 Å². The summed E-state index contributed by atoms with van der Waals surface area (Å²) < 4.78 is 2.45. The molecular weight excluding hydrogens is 284 g/mol. The molecule has 0 aliphatic heterocycles. The van der Waals surface area contributed by atoms with E-state index in [-0.39, 0.29) is 5.91 Å². The molecule has 1 heterocycles. The molecule has 3 heteroatoms. The molecule has 23 heavy (non-hydrogen) atoms. The standard InChI is InChI=1S/C20H30N2O/c1-5-9-18-16(6-2)17-14-15(4)11-12-19(17)22(18)13-8-10-20(23)21-7-3/h11-12,14H,5-10,13H2,1-4H3,(H,21,23). The summed E-state index contributed by atoms with van der Waals surface area (Å²) in [7, 11) is 0. The fraction of sp³-hybridized carbons (Fsp3) is 0.550. The van der Waals surface area contributed by atoms with Gasteiger partial charge in [0.1, 0.15) is 0 Å². The Morgan fingerprint density at radius 2 is 2.00 bits per heavy atom. The van der Waals surface area contributed by atoms with Gasteiger partial charge < -0.3 is 9.88 Å². The minimum Gasteiger partial charge on any atom is -0.356 e. The summed E-state index contributed by atoms with van der Waals surface area (Å²) in [5.41, 5.74) is 5.59. The lowest BCUT2D eigenvalue weighted by Crippen LogP contribution is -2.22. The van der Waals surface area contributed by atoms with E-state index in [1.54, 1.807) is 0 Å². The minimum absolute atomic E-state index is 0.160. The molecule has 0 spiro atoms. The Kier molecular flexibility index (Phi) is 6.26. The van der Waals surface area contributed by atoms with E-state index in [1.165, 1.54) is 27.7 Å². The molecule has 0 saturated heterocycles. The number of aromatic nitrogens is 1. The normalized spacial score (nSPS) is 11.1. The molecule has 1 aromatic heterocycles. The molecule has 0 saturated carbocycles. The van der Waals surface area contributed by atoms with Crippen LogP contribution in [0.5, 0.6) is 0 Å². The van der Waals surface area contributed by atoms with E-state index in [2.05, 4.69) is 48.9 Å². The molecule has 1 N–H and O–H groups in total. The van der Waals surface area contributed by atoms with Gasteiger partial charge in [0.15, 0.2) is 0 Å². The number of hydrogen-bond donors (Lipinski definition) is 1. The molecule has 0 aliphatic rings. The van der Waals surface area contributed by atoms with Crippen LogP contribution in [-0.2, 0) is 24.2 Å². The molecule has 0 fully saturated rings. The SMILES string of the molecule is CCCc1c(CC)c2cc(C)ccc2n1CCCC(=O)NCC. The summed E-state index contributed by atoms with van der Waals surface area (Å²) >= 11 is 0. The quantitative estimate of drug-likeness (QED) is 0.771. The number of nitrogens with zero attached hydrogens (tertiary/aromatic N) is 1. The van der Waals surface area contributed by atoms with Crippen LogP contribution in [0.1, 0.15) is 56.9 Å². The summed E-state index contributed by atoms with van der Waals surface area (Å²) in [4.78, 5) is 11.7. The van der Waals surface area contributed by atoms with Crippen LogP contribution in [0.3, 0.4) is 0 Å². The van der Waals surface area contributed by atoms with Crippen LogP contribution >= 0.6 is 0 Å². The van der Waals surface area contributed by atoms with Crippen LogP contribution in [0.4, 0.5) is 0 Å². The van der Waals surface area contributed by atoms with Crippen LogP contribution in [0.2, 0.25) is 0 Å². The molecule has 126 valence electrons. The lowest BCUT2D eigenvalue weighted by molar-refractivity contribution is -0.121. The van der Waals surface area contributed by atoms with Gasteiger partial charge in [-0.05, 0) is 50.8 Å². The van der Waals surface area contributed by atoms with Crippen LogP contribution in [-0.4, -0.2) is 17.0 Å². The Morgan fingerprint density at radius 1 is 1.22 bits per heavy atom. The van der Waals surface area contributed by atoms with Gasteiger partial charge in [0, 0.05) is 36.1 Å². The predicted molar refractivity (Wildman–Crippen MR) is 98.0 cm³/mol. The molecule has 3 nitrogen and oxygen atoms in total. The molecule has 2 rings (SSSR count). The lowest BCUT2D eigenvalue weighted by atomic mass is 10.0. The van der Waals surface area contributed by atoms with Gasteiger partial charge in [-0.3, -0.25) is 4.79 Å². The van der Waals surface area contributed by atoms with Crippen molar-refractivity contribution in [2.24, 2.45) is 0 Å². The summed E-state index contributed by atoms with van der Waals surface area (Å²) in [5, 5.41) is 4.28. The third kappa shape index (κ3) is 3.95. The summed E-state index contributed by atoms with van der Waals surface area (Å²) in [6.45, 7) is 10.2. The van der Waals surface area contributed by atoms with Crippen molar-refractivity contribution in [3.8, 4) is 0 Å². The van der Waals surface area contributed by atoms with E-state index in [0.29, 0.717) is 13.0 Å². The molecule has 0 aliphatic carbocycles. The first-order valence-corrected chi connectivity index (χ1v) is 8.99. The Bertz CT molecular complexity index is 670. The fourth-order valence-corrected chi connectivity index (χ4v) is 3.45. The zero-order chi connectivity index (χ0) is 16.8. The molecule has 0 bridgehead atoms. The summed E-state index contributed by atoms with van der Waals surface area (Å²) in [6.07, 6.45) is 4.82. The molecule has 0 atom stereocenters. The topological polar surface area (TPSA) is 34.0 Å². The first-order chi connectivity index (χ1) is 11.1. The van der Waals surface area contributed by atoms with Gasteiger partial charge in [-0.2, -0.15) is 0 Å². The number of rotatable bonds is 8. The van der Waals surface area contributed by atoms with Crippen molar-refractivity contribution >= 4 is 16.8 Å². The maximum absolute atomic E-state index is 11.7. The Labute approximate surface area is 140 Å². The van der Waals surface area contributed by atoms with E-state index >= 15 is 0 Å². The number of nitrogens with one attached hydrogen (secondary N) is 1. The lowest BCUT2D eigenvalue weighted by Gasteiger charge is -2.11. The fourth-order valence-electron chi connectivity index (χ4n) is 3.45. The zero-order valence-electron chi connectivity index (χ0n) is 15.0. The first kappa shape index (κ1) is 17.6. The number of fused-ring (bicyclic) bond motifs is 1. The minimum atomic E-state index is 0.160. The molecule has 1 aromatic carbocycles. The molecule has 1 amide bonds. The van der Waals surface area contributed by atoms with Crippen LogP contribution in [0, 0.1) is 6.92 Å². The highest BCUT2D eigenvalue weighted by Crippen LogP contribution is 2.29. The zero-order valence-corrected chi connectivity index (χ0v) is 15.0. The van der Waals surface area contributed by atoms with Gasteiger partial charge in [-0.1, -0.05) is 31.9 Å². The van der Waals surface area contributed by atoms with Crippen molar-refractivity contribution in [1.29, 1.82) is 0 Å². The van der Waals surface area contributed by atoms with Crippen molar-refractivity contribution in [1.82, 2.24) is 9.88 Å². The van der Waals surface area contributed by atoms with E-state index in [1.807, 2.05) is 6.92 Å². The third-order valence-electron chi connectivity index (χ3n) is 4.44. The van der Waals surface area contributed by atoms with E-state index in [0.717, 1.165) is 32.2 Å². The molecule has 0 radical (unpaired) electrons. The summed E-state index contributed by atoms with van der Waals surface area (Å²) in [5.74, 6) is 0.160. The van der Waals surface area contributed by atoms with Gasteiger partial charge >= 0.3 is 0 Å². The Hall–Kier alpha value is -1.77. The number of hydrogen-bond acceptors (Lipinski definition) is 1. The van der Waals surface area contributed by atoms with Gasteiger partial charge in [-0.25, -0.2) is 0 Å².